The Balaban J connectivity index is 1.73. The van der Waals surface area contributed by atoms with Crippen molar-refractivity contribution in [2.75, 3.05) is 10.0 Å². The predicted octanol–water partition coefficient (Wildman–Crippen LogP) is 4.73. The molecule has 0 amide bonds. The fourth-order valence-corrected chi connectivity index (χ4v) is 3.42. The molecule has 0 saturated carbocycles. The molecule has 0 bridgehead atoms. The van der Waals surface area contributed by atoms with Crippen molar-refractivity contribution < 1.29 is 12.8 Å². The van der Waals surface area contributed by atoms with Gasteiger partial charge in [0.05, 0.1) is 16.8 Å². The summed E-state index contributed by atoms with van der Waals surface area (Å²) < 4.78 is 40.2. The molecule has 0 fully saturated rings. The van der Waals surface area contributed by atoms with E-state index in [1.54, 1.807) is 25.1 Å². The van der Waals surface area contributed by atoms with Gasteiger partial charge in [0.15, 0.2) is 0 Å². The Kier molecular flexibility index (Phi) is 5.11. The standard InChI is InChI=1S/C18H15ClFN3O2S/c1-12-10-16(7-8-17(12)19)26(24,25)23-18-9-6-15(11-21-18)22-14-4-2-13(20)3-5-14/h2-11,22H,1H3,(H,21,23). The number of aryl methyl sites for hydroxylation is 1. The van der Waals surface area contributed by atoms with Crippen LogP contribution in [-0.4, -0.2) is 13.4 Å². The summed E-state index contributed by atoms with van der Waals surface area (Å²) in [7, 11) is -3.76. The van der Waals surface area contributed by atoms with E-state index in [-0.39, 0.29) is 16.5 Å². The third-order valence-electron chi connectivity index (χ3n) is 3.58. The van der Waals surface area contributed by atoms with Gasteiger partial charge in [-0.3, -0.25) is 4.72 Å². The van der Waals surface area contributed by atoms with Crippen LogP contribution in [0.3, 0.4) is 0 Å². The molecule has 134 valence electrons. The summed E-state index contributed by atoms with van der Waals surface area (Å²) >= 11 is 5.93. The van der Waals surface area contributed by atoms with E-state index >= 15 is 0 Å². The Morgan fingerprint density at radius 1 is 1.00 bits per heavy atom. The minimum absolute atomic E-state index is 0.106. The van der Waals surface area contributed by atoms with Crippen LogP contribution in [0.2, 0.25) is 5.02 Å². The summed E-state index contributed by atoms with van der Waals surface area (Å²) in [5, 5.41) is 3.54. The van der Waals surface area contributed by atoms with Gasteiger partial charge in [0.2, 0.25) is 0 Å². The first-order valence-electron chi connectivity index (χ1n) is 7.61. The van der Waals surface area contributed by atoms with Crippen LogP contribution < -0.4 is 10.0 Å². The topological polar surface area (TPSA) is 71.1 Å². The highest BCUT2D eigenvalue weighted by Gasteiger charge is 2.15. The second-order valence-electron chi connectivity index (χ2n) is 5.58. The summed E-state index contributed by atoms with van der Waals surface area (Å²) in [5.41, 5.74) is 2.00. The van der Waals surface area contributed by atoms with Crippen LogP contribution in [0.15, 0.2) is 65.7 Å². The SMILES string of the molecule is Cc1cc(S(=O)(=O)Nc2ccc(Nc3ccc(F)cc3)cn2)ccc1Cl. The molecule has 0 saturated heterocycles. The Bertz CT molecular complexity index is 1020. The Labute approximate surface area is 155 Å². The van der Waals surface area contributed by atoms with Gasteiger partial charge in [-0.15, -0.1) is 0 Å². The van der Waals surface area contributed by atoms with Gasteiger partial charge in [-0.1, -0.05) is 11.6 Å². The molecule has 26 heavy (non-hydrogen) atoms. The summed E-state index contributed by atoms with van der Waals surface area (Å²) in [6, 6.07) is 13.5. The normalized spacial score (nSPS) is 11.2. The van der Waals surface area contributed by atoms with E-state index in [4.69, 9.17) is 11.6 Å². The van der Waals surface area contributed by atoms with E-state index in [9.17, 15) is 12.8 Å². The summed E-state index contributed by atoms with van der Waals surface area (Å²) in [4.78, 5) is 4.20. The molecule has 0 radical (unpaired) electrons. The highest BCUT2D eigenvalue weighted by molar-refractivity contribution is 7.92. The molecule has 1 aromatic heterocycles. The number of rotatable bonds is 5. The van der Waals surface area contributed by atoms with Gasteiger partial charge in [0, 0.05) is 10.7 Å². The third kappa shape index (κ3) is 4.30. The summed E-state index contributed by atoms with van der Waals surface area (Å²) in [5.74, 6) is -0.141. The number of sulfonamides is 1. The van der Waals surface area contributed by atoms with Gasteiger partial charge in [-0.05, 0) is 67.1 Å². The van der Waals surface area contributed by atoms with E-state index < -0.39 is 10.0 Å². The molecule has 0 aliphatic carbocycles. The number of nitrogens with one attached hydrogen (secondary N) is 2. The van der Waals surface area contributed by atoms with Crippen molar-refractivity contribution in [2.24, 2.45) is 0 Å². The highest BCUT2D eigenvalue weighted by atomic mass is 35.5. The van der Waals surface area contributed by atoms with Gasteiger partial charge in [0.25, 0.3) is 10.0 Å². The monoisotopic (exact) mass is 391 g/mol. The van der Waals surface area contributed by atoms with Crippen LogP contribution in [0.5, 0.6) is 0 Å². The second-order valence-corrected chi connectivity index (χ2v) is 7.67. The lowest BCUT2D eigenvalue weighted by Crippen LogP contribution is -2.14. The van der Waals surface area contributed by atoms with Crippen molar-refractivity contribution in [2.45, 2.75) is 11.8 Å². The van der Waals surface area contributed by atoms with E-state index in [0.29, 0.717) is 22.0 Å². The lowest BCUT2D eigenvalue weighted by atomic mass is 10.2. The van der Waals surface area contributed by atoms with Crippen molar-refractivity contribution in [3.63, 3.8) is 0 Å². The first-order chi connectivity index (χ1) is 12.3. The number of hydrogen-bond acceptors (Lipinski definition) is 4. The quantitative estimate of drug-likeness (QED) is 0.659. The number of benzene rings is 2. The lowest BCUT2D eigenvalue weighted by Gasteiger charge is -2.10. The van der Waals surface area contributed by atoms with Gasteiger partial charge in [-0.25, -0.2) is 17.8 Å². The highest BCUT2D eigenvalue weighted by Crippen LogP contribution is 2.22. The molecule has 0 unspecified atom stereocenters. The number of nitrogens with zero attached hydrogens (tertiary/aromatic N) is 1. The molecule has 3 rings (SSSR count). The minimum atomic E-state index is -3.76. The molecule has 5 nitrogen and oxygen atoms in total. The van der Waals surface area contributed by atoms with E-state index in [2.05, 4.69) is 15.0 Å². The molecule has 0 atom stereocenters. The van der Waals surface area contributed by atoms with E-state index in [1.807, 2.05) is 0 Å². The average molecular weight is 392 g/mol. The molecular formula is C18H15ClFN3O2S. The molecule has 0 aliphatic rings. The largest absolute Gasteiger partial charge is 0.354 e. The van der Waals surface area contributed by atoms with Gasteiger partial charge in [0.1, 0.15) is 11.6 Å². The lowest BCUT2D eigenvalue weighted by molar-refractivity contribution is 0.601. The van der Waals surface area contributed by atoms with Crippen molar-refractivity contribution in [1.29, 1.82) is 0 Å². The zero-order chi connectivity index (χ0) is 18.7. The maximum atomic E-state index is 12.9. The third-order valence-corrected chi connectivity index (χ3v) is 5.35. The Morgan fingerprint density at radius 3 is 2.31 bits per heavy atom. The first-order valence-corrected chi connectivity index (χ1v) is 9.47. The minimum Gasteiger partial charge on any atom is -0.354 e. The molecule has 3 aromatic rings. The van der Waals surface area contributed by atoms with Crippen LogP contribution >= 0.6 is 11.6 Å². The van der Waals surface area contributed by atoms with Crippen molar-refractivity contribution in [1.82, 2.24) is 4.98 Å². The number of aromatic nitrogens is 1. The molecular weight excluding hydrogens is 377 g/mol. The number of hydrogen-bond donors (Lipinski definition) is 2. The van der Waals surface area contributed by atoms with Crippen LogP contribution in [0.25, 0.3) is 0 Å². The van der Waals surface area contributed by atoms with Crippen molar-refractivity contribution in [3.05, 3.63) is 77.2 Å². The van der Waals surface area contributed by atoms with Gasteiger partial charge in [-0.2, -0.15) is 0 Å². The summed E-state index contributed by atoms with van der Waals surface area (Å²) in [6.07, 6.45) is 1.48. The molecule has 0 spiro atoms. The molecule has 8 heteroatoms. The average Bonchev–Trinajstić information content (AvgIpc) is 2.61. The van der Waals surface area contributed by atoms with Crippen LogP contribution in [0, 0.1) is 12.7 Å². The number of halogens is 2. The van der Waals surface area contributed by atoms with Crippen molar-refractivity contribution in [3.8, 4) is 0 Å². The first kappa shape index (κ1) is 18.2. The molecule has 2 aromatic carbocycles. The van der Waals surface area contributed by atoms with Gasteiger partial charge < -0.3 is 5.32 Å². The molecule has 1 heterocycles. The van der Waals surface area contributed by atoms with Gasteiger partial charge >= 0.3 is 0 Å². The second kappa shape index (κ2) is 7.31. The summed E-state index contributed by atoms with van der Waals surface area (Å²) in [6.45, 7) is 1.73. The fourth-order valence-electron chi connectivity index (χ4n) is 2.21. The van der Waals surface area contributed by atoms with E-state index in [0.717, 1.165) is 0 Å². The molecule has 0 aliphatic heterocycles. The predicted molar refractivity (Wildman–Crippen MR) is 101 cm³/mol. The van der Waals surface area contributed by atoms with E-state index in [1.165, 1.54) is 42.6 Å². The van der Waals surface area contributed by atoms with Crippen molar-refractivity contribution >= 4 is 38.8 Å². The van der Waals surface area contributed by atoms with Crippen LogP contribution in [0.1, 0.15) is 5.56 Å². The van der Waals surface area contributed by atoms with Crippen LogP contribution in [-0.2, 0) is 10.0 Å². The fraction of sp³-hybridized carbons (Fsp3) is 0.0556. The Hall–Kier alpha value is -2.64. The Morgan fingerprint density at radius 2 is 1.69 bits per heavy atom. The maximum absolute atomic E-state index is 12.9. The zero-order valence-corrected chi connectivity index (χ0v) is 15.3. The number of anilines is 3. The van der Waals surface area contributed by atoms with Crippen LogP contribution in [0.4, 0.5) is 21.6 Å². The zero-order valence-electron chi connectivity index (χ0n) is 13.7. The maximum Gasteiger partial charge on any atom is 0.263 e. The smallest absolute Gasteiger partial charge is 0.263 e. The molecule has 2 N–H and O–H groups in total. The number of pyridine rings is 1.